The summed E-state index contributed by atoms with van der Waals surface area (Å²) in [6.45, 7) is 12.5. The van der Waals surface area contributed by atoms with Crippen LogP contribution in [0.2, 0.25) is 0 Å². The number of ether oxygens (including phenoxy) is 1. The van der Waals surface area contributed by atoms with Crippen LogP contribution in [0.4, 0.5) is 0 Å². The van der Waals surface area contributed by atoms with Gasteiger partial charge < -0.3 is 9.84 Å². The van der Waals surface area contributed by atoms with Gasteiger partial charge in [0, 0.05) is 12.6 Å². The third kappa shape index (κ3) is 6.36. The first kappa shape index (κ1) is 17.4. The molecule has 0 rings (SSSR count). The van der Waals surface area contributed by atoms with Crippen LogP contribution < -0.4 is 5.32 Å². The highest BCUT2D eigenvalue weighted by Gasteiger charge is 2.32. The summed E-state index contributed by atoms with van der Waals surface area (Å²) in [5.74, 6) is -0.308. The summed E-state index contributed by atoms with van der Waals surface area (Å²) in [4.78, 5) is 11.3. The fourth-order valence-electron chi connectivity index (χ4n) is 1.77. The Labute approximate surface area is 111 Å². The highest BCUT2D eigenvalue weighted by Crippen LogP contribution is 2.15. The second-order valence-electron chi connectivity index (χ2n) is 5.86. The molecule has 4 nitrogen and oxygen atoms in total. The van der Waals surface area contributed by atoms with Crippen molar-refractivity contribution in [2.75, 3.05) is 6.61 Å². The van der Waals surface area contributed by atoms with E-state index in [4.69, 9.17) is 4.74 Å². The van der Waals surface area contributed by atoms with Crippen LogP contribution in [-0.4, -0.2) is 35.4 Å². The Kier molecular flexibility index (Phi) is 7.48. The minimum absolute atomic E-state index is 0.154. The van der Waals surface area contributed by atoms with Gasteiger partial charge in [-0.05, 0) is 46.5 Å². The molecule has 0 aliphatic carbocycles. The molecule has 0 aliphatic rings. The Morgan fingerprint density at radius 2 is 1.83 bits per heavy atom. The topological polar surface area (TPSA) is 58.6 Å². The first-order chi connectivity index (χ1) is 8.19. The lowest BCUT2D eigenvalue weighted by molar-refractivity contribution is -0.145. The number of carbonyl (C=O) groups is 1. The molecule has 18 heavy (non-hydrogen) atoms. The second-order valence-corrected chi connectivity index (χ2v) is 5.86. The SMILES string of the molecule is CC(C)NC(C)(CCCOC(C)C(C)C)C(=O)O. The third-order valence-electron chi connectivity index (χ3n) is 3.22. The number of carboxylic acids is 1. The Morgan fingerprint density at radius 1 is 1.28 bits per heavy atom. The molecule has 108 valence electrons. The van der Waals surface area contributed by atoms with Gasteiger partial charge in [-0.1, -0.05) is 13.8 Å². The van der Waals surface area contributed by atoms with Crippen molar-refractivity contribution in [3.05, 3.63) is 0 Å². The van der Waals surface area contributed by atoms with Crippen molar-refractivity contribution in [2.24, 2.45) is 5.92 Å². The van der Waals surface area contributed by atoms with Crippen LogP contribution in [0.1, 0.15) is 54.4 Å². The van der Waals surface area contributed by atoms with E-state index in [1.54, 1.807) is 6.92 Å². The van der Waals surface area contributed by atoms with Crippen molar-refractivity contribution in [3.8, 4) is 0 Å². The minimum Gasteiger partial charge on any atom is -0.480 e. The molecular formula is C14H29NO3. The normalized spacial score (nSPS) is 16.9. The molecule has 0 bridgehead atoms. The molecule has 2 atom stereocenters. The molecule has 0 aromatic rings. The fourth-order valence-corrected chi connectivity index (χ4v) is 1.77. The molecule has 0 saturated heterocycles. The average Bonchev–Trinajstić information content (AvgIpc) is 2.22. The van der Waals surface area contributed by atoms with Gasteiger partial charge in [0.15, 0.2) is 0 Å². The number of hydrogen-bond acceptors (Lipinski definition) is 3. The van der Waals surface area contributed by atoms with Crippen molar-refractivity contribution in [3.63, 3.8) is 0 Å². The van der Waals surface area contributed by atoms with Gasteiger partial charge in [0.05, 0.1) is 6.10 Å². The lowest BCUT2D eigenvalue weighted by Gasteiger charge is -2.29. The number of nitrogens with one attached hydrogen (secondary N) is 1. The highest BCUT2D eigenvalue weighted by atomic mass is 16.5. The zero-order valence-electron chi connectivity index (χ0n) is 12.6. The van der Waals surface area contributed by atoms with E-state index in [9.17, 15) is 9.90 Å². The monoisotopic (exact) mass is 259 g/mol. The molecule has 0 aliphatic heterocycles. The summed E-state index contributed by atoms with van der Waals surface area (Å²) in [6.07, 6.45) is 1.55. The van der Waals surface area contributed by atoms with Gasteiger partial charge in [0.2, 0.25) is 0 Å². The van der Waals surface area contributed by atoms with Gasteiger partial charge in [-0.3, -0.25) is 10.1 Å². The summed E-state index contributed by atoms with van der Waals surface area (Å²) in [6, 6.07) is 0.154. The van der Waals surface area contributed by atoms with Crippen LogP contribution in [0.5, 0.6) is 0 Å². The first-order valence-electron chi connectivity index (χ1n) is 6.81. The van der Waals surface area contributed by atoms with Gasteiger partial charge >= 0.3 is 5.97 Å². The summed E-state index contributed by atoms with van der Waals surface area (Å²) >= 11 is 0. The van der Waals surface area contributed by atoms with E-state index >= 15 is 0 Å². The highest BCUT2D eigenvalue weighted by molar-refractivity contribution is 5.78. The number of aliphatic carboxylic acids is 1. The maximum Gasteiger partial charge on any atom is 0.323 e. The fraction of sp³-hybridized carbons (Fsp3) is 0.929. The average molecular weight is 259 g/mol. The number of hydrogen-bond donors (Lipinski definition) is 2. The smallest absolute Gasteiger partial charge is 0.323 e. The van der Waals surface area contributed by atoms with Crippen LogP contribution in [-0.2, 0) is 9.53 Å². The summed E-state index contributed by atoms with van der Waals surface area (Å²) in [5, 5.41) is 12.4. The zero-order valence-corrected chi connectivity index (χ0v) is 12.6. The largest absolute Gasteiger partial charge is 0.480 e. The maximum atomic E-state index is 11.3. The van der Waals surface area contributed by atoms with Crippen LogP contribution in [0.3, 0.4) is 0 Å². The third-order valence-corrected chi connectivity index (χ3v) is 3.22. The predicted molar refractivity (Wildman–Crippen MR) is 73.8 cm³/mol. The lowest BCUT2D eigenvalue weighted by atomic mass is 9.95. The van der Waals surface area contributed by atoms with Crippen molar-refractivity contribution < 1.29 is 14.6 Å². The van der Waals surface area contributed by atoms with E-state index in [1.807, 2.05) is 20.8 Å². The molecule has 0 amide bonds. The summed E-state index contributed by atoms with van der Waals surface area (Å²) in [7, 11) is 0. The molecule has 0 saturated carbocycles. The van der Waals surface area contributed by atoms with Crippen LogP contribution in [0.15, 0.2) is 0 Å². The zero-order chi connectivity index (χ0) is 14.3. The standard InChI is InChI=1S/C14H29NO3/c1-10(2)12(5)18-9-7-8-14(6,13(16)17)15-11(3)4/h10-12,15H,7-9H2,1-6H3,(H,16,17). The summed E-state index contributed by atoms with van der Waals surface area (Å²) < 4.78 is 5.66. The molecule has 0 fully saturated rings. The Morgan fingerprint density at radius 3 is 2.22 bits per heavy atom. The molecule has 2 unspecified atom stereocenters. The van der Waals surface area contributed by atoms with E-state index in [2.05, 4.69) is 19.2 Å². The van der Waals surface area contributed by atoms with E-state index in [1.165, 1.54) is 0 Å². The van der Waals surface area contributed by atoms with Crippen LogP contribution >= 0.6 is 0 Å². The lowest BCUT2D eigenvalue weighted by Crippen LogP contribution is -2.52. The van der Waals surface area contributed by atoms with Crippen molar-refractivity contribution in [2.45, 2.75) is 72.1 Å². The number of rotatable bonds is 9. The molecule has 0 aromatic carbocycles. The Hall–Kier alpha value is -0.610. The van der Waals surface area contributed by atoms with E-state index < -0.39 is 11.5 Å². The molecule has 0 radical (unpaired) electrons. The molecule has 0 heterocycles. The summed E-state index contributed by atoms with van der Waals surface area (Å²) in [5.41, 5.74) is -0.863. The van der Waals surface area contributed by atoms with Gasteiger partial charge in [-0.25, -0.2) is 0 Å². The van der Waals surface area contributed by atoms with Gasteiger partial charge in [-0.15, -0.1) is 0 Å². The maximum absolute atomic E-state index is 11.3. The van der Waals surface area contributed by atoms with E-state index in [0.717, 1.165) is 6.42 Å². The second kappa shape index (κ2) is 7.74. The molecular weight excluding hydrogens is 230 g/mol. The van der Waals surface area contributed by atoms with E-state index in [0.29, 0.717) is 18.9 Å². The molecule has 4 heteroatoms. The van der Waals surface area contributed by atoms with Crippen molar-refractivity contribution >= 4 is 5.97 Å². The van der Waals surface area contributed by atoms with Crippen molar-refractivity contribution in [1.29, 1.82) is 0 Å². The minimum atomic E-state index is -0.863. The first-order valence-corrected chi connectivity index (χ1v) is 6.81. The molecule has 0 aromatic heterocycles. The Bertz CT molecular complexity index is 253. The van der Waals surface area contributed by atoms with Crippen LogP contribution in [0.25, 0.3) is 0 Å². The number of carboxylic acid groups (broad SMARTS) is 1. The predicted octanol–water partition coefficient (Wildman–Crippen LogP) is 2.67. The van der Waals surface area contributed by atoms with Crippen molar-refractivity contribution in [1.82, 2.24) is 5.32 Å². The van der Waals surface area contributed by atoms with Gasteiger partial charge in [-0.2, -0.15) is 0 Å². The van der Waals surface area contributed by atoms with Gasteiger partial charge in [0.1, 0.15) is 5.54 Å². The Balaban J connectivity index is 4.10. The molecule has 0 spiro atoms. The quantitative estimate of drug-likeness (QED) is 0.625. The van der Waals surface area contributed by atoms with Crippen LogP contribution in [0, 0.1) is 5.92 Å². The van der Waals surface area contributed by atoms with Gasteiger partial charge in [0.25, 0.3) is 0 Å². The molecule has 2 N–H and O–H groups in total. The van der Waals surface area contributed by atoms with E-state index in [-0.39, 0.29) is 12.1 Å².